The number of ketones is 2. The van der Waals surface area contributed by atoms with Crippen LogP contribution in [0.1, 0.15) is 60.3 Å². The molecule has 0 radical (unpaired) electrons. The fourth-order valence-corrected chi connectivity index (χ4v) is 3.86. The highest BCUT2D eigenvalue weighted by molar-refractivity contribution is 6.02. The van der Waals surface area contributed by atoms with Gasteiger partial charge in [0.15, 0.2) is 5.78 Å². The maximum Gasteiger partial charge on any atom is 0.190 e. The predicted molar refractivity (Wildman–Crippen MR) is 93.4 cm³/mol. The molecular weight excluding hydrogens is 304 g/mol. The molecule has 0 aliphatic heterocycles. The van der Waals surface area contributed by atoms with Crippen LogP contribution in [0.4, 0.5) is 0 Å². The van der Waals surface area contributed by atoms with Gasteiger partial charge < -0.3 is 10.2 Å². The Bertz CT molecular complexity index is 599. The van der Waals surface area contributed by atoms with E-state index in [0.717, 1.165) is 5.57 Å². The zero-order valence-electron chi connectivity index (χ0n) is 15.4. The summed E-state index contributed by atoms with van der Waals surface area (Å²) in [6.45, 7) is 9.24. The molecule has 1 saturated carbocycles. The van der Waals surface area contributed by atoms with E-state index in [0.29, 0.717) is 24.8 Å². The molecule has 0 aromatic carbocycles. The van der Waals surface area contributed by atoms with Crippen molar-refractivity contribution in [2.45, 2.75) is 72.0 Å². The van der Waals surface area contributed by atoms with Gasteiger partial charge in [-0.15, -0.1) is 0 Å². The van der Waals surface area contributed by atoms with Gasteiger partial charge in [0.2, 0.25) is 0 Å². The smallest absolute Gasteiger partial charge is 0.190 e. The van der Waals surface area contributed by atoms with Gasteiger partial charge in [-0.2, -0.15) is 0 Å². The Balaban J connectivity index is 2.49. The molecule has 4 nitrogen and oxygen atoms in total. The van der Waals surface area contributed by atoms with Gasteiger partial charge in [0.1, 0.15) is 11.4 Å². The molecule has 2 aliphatic rings. The molecule has 134 valence electrons. The van der Waals surface area contributed by atoms with E-state index in [1.807, 2.05) is 27.7 Å². The molecule has 0 aromatic heterocycles. The Morgan fingerprint density at radius 3 is 2.42 bits per heavy atom. The number of aliphatic hydroxyl groups excluding tert-OH is 1. The van der Waals surface area contributed by atoms with E-state index in [4.69, 9.17) is 0 Å². The number of carbonyl (C=O) groups excluding carboxylic acids is 2. The van der Waals surface area contributed by atoms with Crippen molar-refractivity contribution in [1.29, 1.82) is 0 Å². The summed E-state index contributed by atoms with van der Waals surface area (Å²) >= 11 is 0. The molecule has 0 unspecified atom stereocenters. The van der Waals surface area contributed by atoms with Gasteiger partial charge in [0.05, 0.1) is 6.10 Å². The van der Waals surface area contributed by atoms with Crippen LogP contribution in [0.5, 0.6) is 0 Å². The Hall–Kier alpha value is -1.26. The standard InChI is InChI=1S/C20H30O4/c1-12-6-7-16(21)19(4,5)9-8-13(2)18(23)20(24)11-14(3)17(22)15(20)10-12/h8,10,14-15,17,22,24H,6-7,9,11H2,1-5H3/b12-10+,13-8+/t14-,15-,17-,20+/m0/s1. The summed E-state index contributed by atoms with van der Waals surface area (Å²) in [5.41, 5.74) is -0.679. The molecule has 0 aromatic rings. The molecule has 0 spiro atoms. The maximum atomic E-state index is 12.9. The molecule has 4 heteroatoms. The van der Waals surface area contributed by atoms with E-state index in [1.165, 1.54) is 0 Å². The fraction of sp³-hybridized carbons (Fsp3) is 0.700. The second-order valence-electron chi connectivity index (χ2n) is 8.36. The maximum absolute atomic E-state index is 12.9. The van der Waals surface area contributed by atoms with E-state index in [2.05, 4.69) is 0 Å². The van der Waals surface area contributed by atoms with Crippen LogP contribution in [0, 0.1) is 17.3 Å². The van der Waals surface area contributed by atoms with Gasteiger partial charge in [-0.05, 0) is 44.6 Å². The monoisotopic (exact) mass is 334 g/mol. The summed E-state index contributed by atoms with van der Waals surface area (Å²) in [6.07, 6.45) is 4.58. The lowest BCUT2D eigenvalue weighted by molar-refractivity contribution is -0.137. The Morgan fingerprint density at radius 1 is 1.17 bits per heavy atom. The quantitative estimate of drug-likeness (QED) is 0.668. The number of aliphatic hydroxyl groups is 2. The van der Waals surface area contributed by atoms with Crippen LogP contribution in [0.2, 0.25) is 0 Å². The topological polar surface area (TPSA) is 74.6 Å². The lowest BCUT2D eigenvalue weighted by Crippen LogP contribution is -2.44. The van der Waals surface area contributed by atoms with Crippen LogP contribution in [-0.2, 0) is 9.59 Å². The minimum atomic E-state index is -1.56. The third-order valence-corrected chi connectivity index (χ3v) is 5.77. The first kappa shape index (κ1) is 19.1. The highest BCUT2D eigenvalue weighted by atomic mass is 16.3. The van der Waals surface area contributed by atoms with Gasteiger partial charge in [0, 0.05) is 17.8 Å². The molecule has 0 amide bonds. The van der Waals surface area contributed by atoms with E-state index in [1.54, 1.807) is 19.1 Å². The second kappa shape index (κ2) is 6.57. The molecule has 2 rings (SSSR count). The van der Waals surface area contributed by atoms with Crippen molar-refractivity contribution in [3.63, 3.8) is 0 Å². The minimum absolute atomic E-state index is 0.149. The molecule has 2 aliphatic carbocycles. The molecule has 0 heterocycles. The lowest BCUT2D eigenvalue weighted by atomic mass is 9.77. The highest BCUT2D eigenvalue weighted by Gasteiger charge is 2.54. The van der Waals surface area contributed by atoms with E-state index in [-0.39, 0.29) is 23.9 Å². The van der Waals surface area contributed by atoms with Crippen LogP contribution < -0.4 is 0 Å². The van der Waals surface area contributed by atoms with Crippen LogP contribution >= 0.6 is 0 Å². The van der Waals surface area contributed by atoms with Crippen molar-refractivity contribution in [1.82, 2.24) is 0 Å². The first-order chi connectivity index (χ1) is 11.0. The van der Waals surface area contributed by atoms with E-state index < -0.39 is 23.0 Å². The van der Waals surface area contributed by atoms with Crippen molar-refractivity contribution in [3.8, 4) is 0 Å². The molecule has 0 saturated heterocycles. The molecular formula is C20H30O4. The average Bonchev–Trinajstić information content (AvgIpc) is 2.73. The number of hydrogen-bond donors (Lipinski definition) is 2. The van der Waals surface area contributed by atoms with Crippen LogP contribution in [-0.4, -0.2) is 33.5 Å². The fourth-order valence-electron chi connectivity index (χ4n) is 3.86. The third kappa shape index (κ3) is 3.40. The molecule has 24 heavy (non-hydrogen) atoms. The molecule has 4 atom stereocenters. The molecule has 1 fully saturated rings. The normalized spacial score (nSPS) is 42.2. The number of hydrogen-bond acceptors (Lipinski definition) is 4. The van der Waals surface area contributed by atoms with Crippen molar-refractivity contribution >= 4 is 11.6 Å². The van der Waals surface area contributed by atoms with Gasteiger partial charge in [-0.25, -0.2) is 0 Å². The summed E-state index contributed by atoms with van der Waals surface area (Å²) in [5, 5.41) is 21.6. The summed E-state index contributed by atoms with van der Waals surface area (Å²) in [7, 11) is 0. The second-order valence-corrected chi connectivity index (χ2v) is 8.36. The van der Waals surface area contributed by atoms with Gasteiger partial charge >= 0.3 is 0 Å². The summed E-state index contributed by atoms with van der Waals surface area (Å²) in [6, 6.07) is 0. The van der Waals surface area contributed by atoms with Crippen LogP contribution in [0.25, 0.3) is 0 Å². The Labute approximate surface area is 144 Å². The number of rotatable bonds is 0. The van der Waals surface area contributed by atoms with Gasteiger partial charge in [0.25, 0.3) is 0 Å². The van der Waals surface area contributed by atoms with E-state index in [9.17, 15) is 19.8 Å². The first-order valence-corrected chi connectivity index (χ1v) is 8.81. The first-order valence-electron chi connectivity index (χ1n) is 8.81. The highest BCUT2D eigenvalue weighted by Crippen LogP contribution is 2.43. The van der Waals surface area contributed by atoms with E-state index >= 15 is 0 Å². The number of fused-ring (bicyclic) bond motifs is 1. The van der Waals surface area contributed by atoms with Crippen molar-refractivity contribution in [2.24, 2.45) is 17.3 Å². The Morgan fingerprint density at radius 2 is 1.79 bits per heavy atom. The number of carbonyl (C=O) groups is 2. The third-order valence-electron chi connectivity index (χ3n) is 5.77. The summed E-state index contributed by atoms with van der Waals surface area (Å²) < 4.78 is 0. The SMILES string of the molecule is C/C1=C\[C@H]2[C@@H](O)[C@@H](C)C[C@]2(O)C(=O)/C(C)=C/CC(C)(C)C(=O)CC1. The zero-order chi connectivity index (χ0) is 18.3. The molecule has 0 bridgehead atoms. The molecule has 2 N–H and O–H groups in total. The predicted octanol–water partition coefficient (Wildman–Crippen LogP) is 2.98. The van der Waals surface area contributed by atoms with Crippen molar-refractivity contribution in [2.75, 3.05) is 0 Å². The Kier molecular flexibility index (Phi) is 5.22. The van der Waals surface area contributed by atoms with Gasteiger partial charge in [-0.1, -0.05) is 38.5 Å². The van der Waals surface area contributed by atoms with Crippen LogP contribution in [0.3, 0.4) is 0 Å². The van der Waals surface area contributed by atoms with Crippen molar-refractivity contribution in [3.05, 3.63) is 23.3 Å². The zero-order valence-corrected chi connectivity index (χ0v) is 15.4. The van der Waals surface area contributed by atoms with Crippen molar-refractivity contribution < 1.29 is 19.8 Å². The number of Topliss-reactive ketones (excluding diaryl/α,β-unsaturated/α-hetero) is 2. The summed E-state index contributed by atoms with van der Waals surface area (Å²) in [4.78, 5) is 25.4. The minimum Gasteiger partial charge on any atom is -0.392 e. The number of allylic oxidation sites excluding steroid dienone is 2. The summed E-state index contributed by atoms with van der Waals surface area (Å²) in [5.74, 6) is -0.929. The van der Waals surface area contributed by atoms with Crippen LogP contribution in [0.15, 0.2) is 23.3 Å². The lowest BCUT2D eigenvalue weighted by Gasteiger charge is -2.30. The average molecular weight is 334 g/mol. The van der Waals surface area contributed by atoms with Gasteiger partial charge in [-0.3, -0.25) is 9.59 Å². The largest absolute Gasteiger partial charge is 0.392 e.